The van der Waals surface area contributed by atoms with Crippen LogP contribution in [-0.2, 0) is 0 Å². The van der Waals surface area contributed by atoms with E-state index in [1.165, 1.54) is 22.7 Å². The molecule has 2 aromatic rings. The largest absolute Gasteiger partial charge is 0.477 e. The maximum Gasteiger partial charge on any atom is 0.346 e. The van der Waals surface area contributed by atoms with Crippen molar-refractivity contribution in [2.24, 2.45) is 0 Å². The highest BCUT2D eigenvalue weighted by Crippen LogP contribution is 2.32. The molecule has 2 heterocycles. The molecule has 0 atom stereocenters. The summed E-state index contributed by atoms with van der Waals surface area (Å²) in [6.45, 7) is 1.82. The fourth-order valence-electron chi connectivity index (χ4n) is 1.21. The summed E-state index contributed by atoms with van der Waals surface area (Å²) in [5.74, 6) is -0.870. The highest BCUT2D eigenvalue weighted by molar-refractivity contribution is 7.29. The predicted octanol–water partition coefficient (Wildman–Crippen LogP) is 1.76. The molecule has 0 amide bonds. The van der Waals surface area contributed by atoms with Crippen LogP contribution in [0.2, 0.25) is 0 Å². The summed E-state index contributed by atoms with van der Waals surface area (Å²) in [4.78, 5) is 11.2. The first kappa shape index (κ1) is 8.78. The Morgan fingerprint density at radius 3 is 2.77 bits per heavy atom. The number of carboxylic acid groups (broad SMARTS) is 1. The third-order valence-electron chi connectivity index (χ3n) is 1.85. The molecule has 0 aliphatic carbocycles. The van der Waals surface area contributed by atoms with Crippen molar-refractivity contribution < 1.29 is 9.90 Å². The van der Waals surface area contributed by atoms with Crippen LogP contribution in [0.15, 0.2) is 5.38 Å². The van der Waals surface area contributed by atoms with Gasteiger partial charge >= 0.3 is 5.97 Å². The monoisotopic (exact) mass is 208 g/mol. The molecule has 0 aromatic carbocycles. The van der Waals surface area contributed by atoms with Gasteiger partial charge in [0.05, 0.1) is 0 Å². The number of thiophene rings is 2. The van der Waals surface area contributed by atoms with Crippen molar-refractivity contribution in [2.75, 3.05) is 0 Å². The molecule has 0 fully saturated rings. The molecule has 2 radical (unpaired) electrons. The molecule has 0 saturated heterocycles. The molecule has 0 spiro atoms. The number of hydrogen-bond acceptors (Lipinski definition) is 3. The van der Waals surface area contributed by atoms with Gasteiger partial charge in [-0.25, -0.2) is 4.79 Å². The van der Waals surface area contributed by atoms with Gasteiger partial charge in [0, 0.05) is 9.40 Å². The summed E-state index contributed by atoms with van der Waals surface area (Å²) in [5.41, 5.74) is 1.51. The summed E-state index contributed by atoms with van der Waals surface area (Å²) < 4.78 is 1.90. The first-order valence-corrected chi connectivity index (χ1v) is 5.30. The van der Waals surface area contributed by atoms with Gasteiger partial charge in [-0.2, -0.15) is 0 Å². The molecule has 5 heteroatoms. The van der Waals surface area contributed by atoms with Crippen LogP contribution in [0.25, 0.3) is 9.40 Å². The average Bonchev–Trinajstić information content (AvgIpc) is 2.55. The lowest BCUT2D eigenvalue weighted by molar-refractivity contribution is 0.0701. The molecule has 2 rings (SSSR count). The van der Waals surface area contributed by atoms with E-state index in [1.807, 2.05) is 12.3 Å². The number of carboxylic acids is 1. The second kappa shape index (κ2) is 2.85. The summed E-state index contributed by atoms with van der Waals surface area (Å²) in [6, 6.07) is 0. The van der Waals surface area contributed by atoms with Gasteiger partial charge in [-0.1, -0.05) is 5.46 Å². The minimum atomic E-state index is -0.870. The molecule has 13 heavy (non-hydrogen) atoms. The standard InChI is InChI=1S/C8H5BO2S2/c1-3-5-7(4(9)2-12-5)13-6(3)8(10)11/h2H,1H3,(H,10,11). The minimum absolute atomic E-state index is 0.397. The van der Waals surface area contributed by atoms with Crippen LogP contribution in [0.4, 0.5) is 0 Å². The van der Waals surface area contributed by atoms with E-state index in [9.17, 15) is 4.79 Å². The van der Waals surface area contributed by atoms with E-state index >= 15 is 0 Å². The predicted molar refractivity (Wildman–Crippen MR) is 56.8 cm³/mol. The van der Waals surface area contributed by atoms with Crippen molar-refractivity contribution in [3.05, 3.63) is 15.8 Å². The third-order valence-corrected chi connectivity index (χ3v) is 4.43. The van der Waals surface area contributed by atoms with E-state index in [0.29, 0.717) is 10.3 Å². The number of fused-ring (bicyclic) bond motifs is 1. The fraction of sp³-hybridized carbons (Fsp3) is 0.125. The first-order valence-electron chi connectivity index (χ1n) is 3.60. The lowest BCUT2D eigenvalue weighted by Crippen LogP contribution is -1.95. The Morgan fingerprint density at radius 2 is 2.23 bits per heavy atom. The molecule has 0 aliphatic heterocycles. The number of rotatable bonds is 1. The van der Waals surface area contributed by atoms with Crippen molar-refractivity contribution in [2.45, 2.75) is 6.92 Å². The van der Waals surface area contributed by atoms with E-state index in [-0.39, 0.29) is 0 Å². The van der Waals surface area contributed by atoms with E-state index < -0.39 is 5.97 Å². The average molecular weight is 208 g/mol. The number of carbonyl (C=O) groups is 1. The van der Waals surface area contributed by atoms with Gasteiger partial charge in [-0.3, -0.25) is 0 Å². The maximum atomic E-state index is 10.8. The van der Waals surface area contributed by atoms with Crippen molar-refractivity contribution in [3.8, 4) is 0 Å². The van der Waals surface area contributed by atoms with E-state index in [2.05, 4.69) is 0 Å². The van der Waals surface area contributed by atoms with Crippen LogP contribution < -0.4 is 5.46 Å². The topological polar surface area (TPSA) is 37.3 Å². The van der Waals surface area contributed by atoms with Gasteiger partial charge in [-0.15, -0.1) is 22.7 Å². The maximum absolute atomic E-state index is 10.8. The molecule has 2 aromatic heterocycles. The van der Waals surface area contributed by atoms with Crippen molar-refractivity contribution in [3.63, 3.8) is 0 Å². The fourth-order valence-corrected chi connectivity index (χ4v) is 3.45. The van der Waals surface area contributed by atoms with Crippen molar-refractivity contribution >= 4 is 51.4 Å². The SMILES string of the molecule is [B]c1csc2c(C)c(C(=O)O)sc12. The van der Waals surface area contributed by atoms with Gasteiger partial charge in [-0.05, 0) is 17.9 Å². The Labute approximate surface area is 84.2 Å². The summed E-state index contributed by atoms with van der Waals surface area (Å²) in [5, 5.41) is 10.7. The molecular formula is C8H5BO2S2. The van der Waals surface area contributed by atoms with Crippen molar-refractivity contribution in [1.29, 1.82) is 0 Å². The zero-order valence-electron chi connectivity index (χ0n) is 6.83. The van der Waals surface area contributed by atoms with E-state index in [0.717, 1.165) is 15.0 Å². The van der Waals surface area contributed by atoms with Crippen LogP contribution in [0, 0.1) is 6.92 Å². The number of aromatic carboxylic acids is 1. The van der Waals surface area contributed by atoms with Crippen LogP contribution >= 0.6 is 22.7 Å². The Balaban J connectivity index is 2.81. The highest BCUT2D eigenvalue weighted by Gasteiger charge is 2.16. The minimum Gasteiger partial charge on any atom is -0.477 e. The molecular weight excluding hydrogens is 203 g/mol. The third kappa shape index (κ3) is 1.19. The normalized spacial score (nSPS) is 10.8. The number of hydrogen-bond donors (Lipinski definition) is 1. The van der Waals surface area contributed by atoms with Crippen LogP contribution in [0.1, 0.15) is 15.2 Å². The van der Waals surface area contributed by atoms with Crippen LogP contribution in [0.5, 0.6) is 0 Å². The summed E-state index contributed by atoms with van der Waals surface area (Å²) in [7, 11) is 5.69. The lowest BCUT2D eigenvalue weighted by atomic mass is 10.0. The Kier molecular flexibility index (Phi) is 1.93. The van der Waals surface area contributed by atoms with E-state index in [4.69, 9.17) is 13.0 Å². The van der Waals surface area contributed by atoms with Crippen LogP contribution in [-0.4, -0.2) is 18.9 Å². The van der Waals surface area contributed by atoms with Gasteiger partial charge < -0.3 is 5.11 Å². The Hall–Kier alpha value is -0.805. The Bertz CT molecular complexity index is 484. The van der Waals surface area contributed by atoms with Gasteiger partial charge in [0.2, 0.25) is 0 Å². The molecule has 0 unspecified atom stereocenters. The zero-order valence-corrected chi connectivity index (χ0v) is 8.46. The van der Waals surface area contributed by atoms with Gasteiger partial charge in [0.15, 0.2) is 0 Å². The van der Waals surface area contributed by atoms with Crippen molar-refractivity contribution in [1.82, 2.24) is 0 Å². The highest BCUT2D eigenvalue weighted by atomic mass is 32.1. The van der Waals surface area contributed by atoms with E-state index in [1.54, 1.807) is 0 Å². The molecule has 0 bridgehead atoms. The van der Waals surface area contributed by atoms with Gasteiger partial charge in [0.25, 0.3) is 0 Å². The quantitative estimate of drug-likeness (QED) is 0.725. The molecule has 0 aliphatic rings. The Morgan fingerprint density at radius 1 is 1.54 bits per heavy atom. The molecule has 2 nitrogen and oxygen atoms in total. The lowest BCUT2D eigenvalue weighted by Gasteiger charge is -1.88. The second-order valence-corrected chi connectivity index (χ2v) is 4.61. The first-order chi connectivity index (χ1) is 6.11. The summed E-state index contributed by atoms with van der Waals surface area (Å²) in [6.07, 6.45) is 0. The molecule has 64 valence electrons. The number of aryl methyl sites for hydroxylation is 1. The summed E-state index contributed by atoms with van der Waals surface area (Å²) >= 11 is 2.75. The second-order valence-electron chi connectivity index (χ2n) is 2.71. The smallest absolute Gasteiger partial charge is 0.346 e. The molecule has 0 saturated carbocycles. The zero-order chi connectivity index (χ0) is 9.59. The van der Waals surface area contributed by atoms with Crippen LogP contribution in [0.3, 0.4) is 0 Å². The van der Waals surface area contributed by atoms with Gasteiger partial charge in [0.1, 0.15) is 12.7 Å². The molecule has 1 N–H and O–H groups in total.